The second kappa shape index (κ2) is 6.02. The smallest absolute Gasteiger partial charge is 0.0664 e. The first-order valence-electron chi connectivity index (χ1n) is 6.92. The molecule has 1 N–H and O–H groups in total. The first kappa shape index (κ1) is 13.8. The summed E-state index contributed by atoms with van der Waals surface area (Å²) in [5.74, 6) is 0. The molecule has 0 saturated heterocycles. The molecule has 1 atom stereocenters. The second-order valence-electron chi connectivity index (χ2n) is 5.12. The van der Waals surface area contributed by atoms with E-state index in [2.05, 4.69) is 62.5 Å². The zero-order chi connectivity index (χ0) is 13.8. The predicted molar refractivity (Wildman–Crippen MR) is 79.3 cm³/mol. The zero-order valence-electron chi connectivity index (χ0n) is 12.3. The molecular weight excluding hydrogens is 234 g/mol. The van der Waals surface area contributed by atoms with Crippen molar-refractivity contribution in [2.45, 2.75) is 40.3 Å². The van der Waals surface area contributed by atoms with Crippen molar-refractivity contribution in [1.29, 1.82) is 0 Å². The molecule has 1 heterocycles. The fourth-order valence-corrected chi connectivity index (χ4v) is 2.37. The summed E-state index contributed by atoms with van der Waals surface area (Å²) in [6.45, 7) is 10.4. The lowest BCUT2D eigenvalue weighted by atomic mass is 10.0. The Morgan fingerprint density at radius 2 is 1.95 bits per heavy atom. The Labute approximate surface area is 115 Å². The molecule has 0 aliphatic rings. The molecule has 3 heteroatoms. The number of hydrogen-bond acceptors (Lipinski definition) is 2. The van der Waals surface area contributed by atoms with Crippen molar-refractivity contribution in [3.63, 3.8) is 0 Å². The molecule has 1 unspecified atom stereocenters. The molecule has 0 radical (unpaired) electrons. The van der Waals surface area contributed by atoms with Crippen LogP contribution in [0.15, 0.2) is 30.6 Å². The summed E-state index contributed by atoms with van der Waals surface area (Å²) in [5, 5.41) is 7.88. The molecule has 3 nitrogen and oxygen atoms in total. The van der Waals surface area contributed by atoms with Gasteiger partial charge in [0.05, 0.1) is 12.7 Å². The molecule has 2 rings (SSSR count). The van der Waals surface area contributed by atoms with Crippen molar-refractivity contribution in [2.75, 3.05) is 6.54 Å². The number of aromatic nitrogens is 2. The lowest BCUT2D eigenvalue weighted by molar-refractivity contribution is 0.596. The zero-order valence-corrected chi connectivity index (χ0v) is 12.3. The molecular formula is C16H23N3. The van der Waals surface area contributed by atoms with Gasteiger partial charge >= 0.3 is 0 Å². The summed E-state index contributed by atoms with van der Waals surface area (Å²) >= 11 is 0. The van der Waals surface area contributed by atoms with E-state index in [9.17, 15) is 0 Å². The van der Waals surface area contributed by atoms with Crippen molar-refractivity contribution < 1.29 is 0 Å². The fraction of sp³-hybridized carbons (Fsp3) is 0.438. The Kier molecular flexibility index (Phi) is 4.38. The van der Waals surface area contributed by atoms with Crippen LogP contribution in [0.5, 0.6) is 0 Å². The van der Waals surface area contributed by atoms with Crippen molar-refractivity contribution in [2.24, 2.45) is 0 Å². The standard InChI is InChI=1S/C16H23N3/c1-5-17-14(4)15-9-18-19(10-15)11-16-12(2)7-6-8-13(16)3/h6-10,14,17H,5,11H2,1-4H3. The molecule has 0 aliphatic carbocycles. The van der Waals surface area contributed by atoms with E-state index < -0.39 is 0 Å². The van der Waals surface area contributed by atoms with Gasteiger partial charge in [-0.3, -0.25) is 4.68 Å². The van der Waals surface area contributed by atoms with Gasteiger partial charge in [-0.25, -0.2) is 0 Å². The average Bonchev–Trinajstić information content (AvgIpc) is 2.83. The van der Waals surface area contributed by atoms with E-state index in [1.165, 1.54) is 22.3 Å². The number of hydrogen-bond donors (Lipinski definition) is 1. The van der Waals surface area contributed by atoms with E-state index >= 15 is 0 Å². The summed E-state index contributed by atoms with van der Waals surface area (Å²) in [4.78, 5) is 0. The highest BCUT2D eigenvalue weighted by atomic mass is 15.3. The summed E-state index contributed by atoms with van der Waals surface area (Å²) in [6.07, 6.45) is 4.10. The molecule has 102 valence electrons. The first-order chi connectivity index (χ1) is 9.11. The first-order valence-corrected chi connectivity index (χ1v) is 6.92. The van der Waals surface area contributed by atoms with Gasteiger partial charge in [-0.1, -0.05) is 25.1 Å². The molecule has 0 aliphatic heterocycles. The minimum absolute atomic E-state index is 0.358. The van der Waals surface area contributed by atoms with Gasteiger partial charge in [0.25, 0.3) is 0 Å². The minimum atomic E-state index is 0.358. The highest BCUT2D eigenvalue weighted by Crippen LogP contribution is 2.16. The Morgan fingerprint density at radius 3 is 2.58 bits per heavy atom. The van der Waals surface area contributed by atoms with Gasteiger partial charge in [-0.2, -0.15) is 5.10 Å². The minimum Gasteiger partial charge on any atom is -0.310 e. The molecule has 1 aromatic heterocycles. The topological polar surface area (TPSA) is 29.9 Å². The maximum Gasteiger partial charge on any atom is 0.0664 e. The van der Waals surface area contributed by atoms with Crippen LogP contribution >= 0.6 is 0 Å². The average molecular weight is 257 g/mol. The molecule has 0 spiro atoms. The summed E-state index contributed by atoms with van der Waals surface area (Å²) in [7, 11) is 0. The van der Waals surface area contributed by atoms with E-state index in [-0.39, 0.29) is 0 Å². The molecule has 2 aromatic rings. The van der Waals surface area contributed by atoms with Crippen molar-refractivity contribution in [3.8, 4) is 0 Å². The molecule has 0 saturated carbocycles. The van der Waals surface area contributed by atoms with Crippen LogP contribution in [0.4, 0.5) is 0 Å². The van der Waals surface area contributed by atoms with Crippen LogP contribution in [0.2, 0.25) is 0 Å². The SMILES string of the molecule is CCNC(C)c1cnn(Cc2c(C)cccc2C)c1. The Bertz CT molecular complexity index is 522. The molecule has 0 fully saturated rings. The number of benzene rings is 1. The highest BCUT2D eigenvalue weighted by Gasteiger charge is 2.08. The monoisotopic (exact) mass is 257 g/mol. The van der Waals surface area contributed by atoms with Gasteiger partial charge in [-0.15, -0.1) is 0 Å². The van der Waals surface area contributed by atoms with Crippen molar-refractivity contribution >= 4 is 0 Å². The van der Waals surface area contributed by atoms with E-state index in [0.717, 1.165) is 13.1 Å². The summed E-state index contributed by atoms with van der Waals surface area (Å²) < 4.78 is 2.03. The van der Waals surface area contributed by atoms with Crippen molar-refractivity contribution in [1.82, 2.24) is 15.1 Å². The third kappa shape index (κ3) is 3.24. The van der Waals surface area contributed by atoms with Gasteiger partial charge in [0.2, 0.25) is 0 Å². The van der Waals surface area contributed by atoms with Gasteiger partial charge < -0.3 is 5.32 Å². The van der Waals surface area contributed by atoms with Crippen LogP contribution in [0.3, 0.4) is 0 Å². The van der Waals surface area contributed by atoms with Gasteiger partial charge in [0.15, 0.2) is 0 Å². The van der Waals surface area contributed by atoms with Gasteiger partial charge in [0, 0.05) is 17.8 Å². The van der Waals surface area contributed by atoms with E-state index in [0.29, 0.717) is 6.04 Å². The fourth-order valence-electron chi connectivity index (χ4n) is 2.37. The van der Waals surface area contributed by atoms with E-state index in [1.807, 2.05) is 10.9 Å². The van der Waals surface area contributed by atoms with Gasteiger partial charge in [0.1, 0.15) is 0 Å². The normalized spacial score (nSPS) is 12.6. The van der Waals surface area contributed by atoms with Crippen LogP contribution in [-0.2, 0) is 6.54 Å². The largest absolute Gasteiger partial charge is 0.310 e. The maximum absolute atomic E-state index is 4.47. The Morgan fingerprint density at radius 1 is 1.26 bits per heavy atom. The molecule has 1 aromatic carbocycles. The number of rotatable bonds is 5. The molecule has 0 amide bonds. The third-order valence-electron chi connectivity index (χ3n) is 3.63. The second-order valence-corrected chi connectivity index (χ2v) is 5.12. The maximum atomic E-state index is 4.47. The van der Waals surface area contributed by atoms with E-state index in [1.54, 1.807) is 0 Å². The Balaban J connectivity index is 2.16. The highest BCUT2D eigenvalue weighted by molar-refractivity contribution is 5.33. The predicted octanol–water partition coefficient (Wildman–Crippen LogP) is 3.22. The molecule has 0 bridgehead atoms. The van der Waals surface area contributed by atoms with Crippen LogP contribution in [0.25, 0.3) is 0 Å². The number of nitrogens with zero attached hydrogens (tertiary/aromatic N) is 2. The number of nitrogens with one attached hydrogen (secondary N) is 1. The Hall–Kier alpha value is -1.61. The lowest BCUT2D eigenvalue weighted by Gasteiger charge is -2.10. The third-order valence-corrected chi connectivity index (χ3v) is 3.63. The van der Waals surface area contributed by atoms with Crippen LogP contribution in [0, 0.1) is 13.8 Å². The van der Waals surface area contributed by atoms with E-state index in [4.69, 9.17) is 0 Å². The lowest BCUT2D eigenvalue weighted by Crippen LogP contribution is -2.17. The summed E-state index contributed by atoms with van der Waals surface area (Å²) in [5.41, 5.74) is 5.27. The summed E-state index contributed by atoms with van der Waals surface area (Å²) in [6, 6.07) is 6.79. The van der Waals surface area contributed by atoms with Crippen LogP contribution in [-0.4, -0.2) is 16.3 Å². The quantitative estimate of drug-likeness (QED) is 0.891. The van der Waals surface area contributed by atoms with Crippen LogP contribution in [0.1, 0.15) is 42.1 Å². The van der Waals surface area contributed by atoms with Gasteiger partial charge in [-0.05, 0) is 44.0 Å². The molecule has 19 heavy (non-hydrogen) atoms. The number of aryl methyl sites for hydroxylation is 2. The van der Waals surface area contributed by atoms with Crippen LogP contribution < -0.4 is 5.32 Å². The van der Waals surface area contributed by atoms with Crippen molar-refractivity contribution in [3.05, 3.63) is 52.8 Å².